The molecule has 1 atom stereocenters. The van der Waals surface area contributed by atoms with Crippen molar-refractivity contribution in [2.24, 2.45) is 4.99 Å². The van der Waals surface area contributed by atoms with E-state index in [0.717, 1.165) is 35.1 Å². The van der Waals surface area contributed by atoms with Crippen LogP contribution in [0.1, 0.15) is 11.1 Å². The lowest BCUT2D eigenvalue weighted by atomic mass is 9.95. The Balaban J connectivity index is 1.65. The van der Waals surface area contributed by atoms with Crippen molar-refractivity contribution in [3.8, 4) is 0 Å². The number of aliphatic imine (C=N–C) groups is 1. The number of rotatable bonds is 1. The molecule has 1 aromatic carbocycles. The first kappa shape index (κ1) is 12.8. The molecule has 1 aromatic heterocycles. The molecule has 0 unspecified atom stereocenters. The minimum absolute atomic E-state index is 0.142. The van der Waals surface area contributed by atoms with Gasteiger partial charge in [-0.3, -0.25) is 4.98 Å². The maximum absolute atomic E-state index is 13.4. The zero-order valence-corrected chi connectivity index (χ0v) is 12.2. The number of benzene rings is 1. The van der Waals surface area contributed by atoms with E-state index in [1.165, 1.54) is 5.56 Å². The second-order valence-electron chi connectivity index (χ2n) is 5.32. The lowest BCUT2D eigenvalue weighted by Gasteiger charge is -2.32. The number of aromatic nitrogens is 1. The van der Waals surface area contributed by atoms with Crippen molar-refractivity contribution in [3.63, 3.8) is 0 Å². The Morgan fingerprint density at radius 3 is 3.10 bits per heavy atom. The van der Waals surface area contributed by atoms with E-state index in [0.29, 0.717) is 6.04 Å². The molecule has 2 aromatic rings. The first-order valence-corrected chi connectivity index (χ1v) is 7.93. The van der Waals surface area contributed by atoms with Crippen LogP contribution in [0.25, 0.3) is 0 Å². The number of nitrogens with zero attached hydrogens (tertiary/aromatic N) is 3. The molecule has 21 heavy (non-hydrogen) atoms. The van der Waals surface area contributed by atoms with Gasteiger partial charge in [0, 0.05) is 24.5 Å². The van der Waals surface area contributed by atoms with Gasteiger partial charge < -0.3 is 4.90 Å². The monoisotopic (exact) mass is 299 g/mol. The summed E-state index contributed by atoms with van der Waals surface area (Å²) in [4.78, 5) is 11.1. The Hall–Kier alpha value is -1.88. The van der Waals surface area contributed by atoms with Gasteiger partial charge in [-0.1, -0.05) is 17.8 Å². The van der Waals surface area contributed by atoms with E-state index in [1.807, 2.05) is 18.2 Å². The average Bonchev–Trinajstić information content (AvgIpc) is 2.88. The number of hydrogen-bond acceptors (Lipinski definition) is 3. The zero-order valence-electron chi connectivity index (χ0n) is 11.4. The van der Waals surface area contributed by atoms with Gasteiger partial charge in [0.15, 0.2) is 5.17 Å². The van der Waals surface area contributed by atoms with Crippen LogP contribution in [0.15, 0.2) is 47.7 Å². The fourth-order valence-electron chi connectivity index (χ4n) is 2.87. The fourth-order valence-corrected chi connectivity index (χ4v) is 4.06. The number of halogens is 1. The third-order valence-electron chi connectivity index (χ3n) is 3.93. The van der Waals surface area contributed by atoms with Gasteiger partial charge in [0.2, 0.25) is 0 Å². The topological polar surface area (TPSA) is 28.5 Å². The van der Waals surface area contributed by atoms with Crippen molar-refractivity contribution in [2.75, 3.05) is 5.75 Å². The third-order valence-corrected chi connectivity index (χ3v) is 5.06. The molecule has 1 fully saturated rings. The molecule has 4 rings (SSSR count). The maximum Gasteiger partial charge on any atom is 0.165 e. The van der Waals surface area contributed by atoms with E-state index in [4.69, 9.17) is 4.99 Å². The summed E-state index contributed by atoms with van der Waals surface area (Å²) >= 11 is 1.77. The van der Waals surface area contributed by atoms with E-state index >= 15 is 0 Å². The van der Waals surface area contributed by atoms with Crippen molar-refractivity contribution in [2.45, 2.75) is 19.0 Å². The highest BCUT2D eigenvalue weighted by Crippen LogP contribution is 2.34. The van der Waals surface area contributed by atoms with Gasteiger partial charge in [0.05, 0.1) is 11.9 Å². The highest BCUT2D eigenvalue weighted by molar-refractivity contribution is 8.14. The Morgan fingerprint density at radius 2 is 2.24 bits per heavy atom. The van der Waals surface area contributed by atoms with E-state index in [9.17, 15) is 4.39 Å². The highest BCUT2D eigenvalue weighted by atomic mass is 32.2. The molecule has 0 spiro atoms. The smallest absolute Gasteiger partial charge is 0.165 e. The first-order chi connectivity index (χ1) is 10.3. The van der Waals surface area contributed by atoms with Crippen LogP contribution in [-0.2, 0) is 13.0 Å². The third kappa shape index (κ3) is 2.42. The van der Waals surface area contributed by atoms with Gasteiger partial charge in [-0.15, -0.1) is 0 Å². The largest absolute Gasteiger partial charge is 0.343 e. The Morgan fingerprint density at radius 1 is 1.29 bits per heavy atom. The number of thioether (sulfide) groups is 1. The maximum atomic E-state index is 13.4. The van der Waals surface area contributed by atoms with Crippen LogP contribution >= 0.6 is 11.8 Å². The number of hydrogen-bond donors (Lipinski definition) is 0. The Labute approximate surface area is 126 Å². The summed E-state index contributed by atoms with van der Waals surface area (Å²) in [5.41, 5.74) is 3.22. The van der Waals surface area contributed by atoms with Gasteiger partial charge in [-0.05, 0) is 41.8 Å². The lowest BCUT2D eigenvalue weighted by molar-refractivity contribution is 0.319. The molecular weight excluding hydrogens is 285 g/mol. The molecule has 2 aliphatic heterocycles. The summed E-state index contributed by atoms with van der Waals surface area (Å²) in [6.45, 7) is 0.812. The van der Waals surface area contributed by atoms with Crippen molar-refractivity contribution in [1.29, 1.82) is 0 Å². The summed E-state index contributed by atoms with van der Waals surface area (Å²) < 4.78 is 13.4. The van der Waals surface area contributed by atoms with Crippen LogP contribution in [0.5, 0.6) is 0 Å². The van der Waals surface area contributed by atoms with Gasteiger partial charge in [-0.2, -0.15) is 0 Å². The highest BCUT2D eigenvalue weighted by Gasteiger charge is 2.34. The minimum atomic E-state index is -0.142. The van der Waals surface area contributed by atoms with Gasteiger partial charge in [-0.25, -0.2) is 9.38 Å². The van der Waals surface area contributed by atoms with E-state index < -0.39 is 0 Å². The number of amidine groups is 1. The molecule has 3 heterocycles. The predicted octanol–water partition coefficient (Wildman–Crippen LogP) is 3.38. The lowest BCUT2D eigenvalue weighted by Crippen LogP contribution is -2.38. The molecular formula is C16H14FN3S. The normalized spacial score (nSPS) is 22.2. The summed E-state index contributed by atoms with van der Waals surface area (Å²) in [5.74, 6) is 0.867. The van der Waals surface area contributed by atoms with E-state index in [2.05, 4.69) is 9.88 Å². The molecule has 0 aliphatic carbocycles. The van der Waals surface area contributed by atoms with Crippen LogP contribution in [0.4, 0.5) is 10.1 Å². The molecule has 1 saturated heterocycles. The second-order valence-corrected chi connectivity index (χ2v) is 6.30. The Kier molecular flexibility index (Phi) is 3.15. The van der Waals surface area contributed by atoms with Crippen LogP contribution in [0, 0.1) is 5.82 Å². The molecule has 5 heteroatoms. The van der Waals surface area contributed by atoms with Crippen molar-refractivity contribution in [1.82, 2.24) is 9.88 Å². The number of pyridine rings is 1. The van der Waals surface area contributed by atoms with Gasteiger partial charge in [0.1, 0.15) is 5.82 Å². The predicted molar refractivity (Wildman–Crippen MR) is 83.2 cm³/mol. The fraction of sp³-hybridized carbons (Fsp3) is 0.250. The summed E-state index contributed by atoms with van der Waals surface area (Å²) in [7, 11) is 0. The molecule has 0 saturated carbocycles. The van der Waals surface area contributed by atoms with Crippen molar-refractivity contribution >= 4 is 22.6 Å². The molecule has 3 nitrogen and oxygen atoms in total. The molecule has 0 amide bonds. The first-order valence-electron chi connectivity index (χ1n) is 6.95. The summed E-state index contributed by atoms with van der Waals surface area (Å²) in [6.07, 6.45) is 4.42. The van der Waals surface area contributed by atoms with Crippen LogP contribution < -0.4 is 0 Å². The van der Waals surface area contributed by atoms with Crippen molar-refractivity contribution in [3.05, 3.63) is 59.7 Å². The molecule has 106 valence electrons. The Bertz CT molecular complexity index is 702. The molecule has 2 aliphatic rings. The van der Waals surface area contributed by atoms with Crippen molar-refractivity contribution < 1.29 is 4.39 Å². The average molecular weight is 299 g/mol. The van der Waals surface area contributed by atoms with Gasteiger partial charge >= 0.3 is 0 Å². The number of fused-ring (bicyclic) bond motifs is 2. The van der Waals surface area contributed by atoms with E-state index in [1.54, 1.807) is 36.3 Å². The molecule has 0 bridgehead atoms. The SMILES string of the molecule is Fc1ccc2c(c1)C[C@@H]1CSC(=Nc3cccnc3)N1C2. The van der Waals surface area contributed by atoms with Crippen LogP contribution in [-0.4, -0.2) is 26.8 Å². The quantitative estimate of drug-likeness (QED) is 0.808. The minimum Gasteiger partial charge on any atom is -0.343 e. The molecule has 0 N–H and O–H groups in total. The summed E-state index contributed by atoms with van der Waals surface area (Å²) in [6, 6.07) is 9.38. The van der Waals surface area contributed by atoms with Crippen LogP contribution in [0.2, 0.25) is 0 Å². The van der Waals surface area contributed by atoms with Gasteiger partial charge in [0.25, 0.3) is 0 Å². The summed E-state index contributed by atoms with van der Waals surface area (Å²) in [5, 5.41) is 1.04. The second kappa shape index (κ2) is 5.15. The standard InChI is InChI=1S/C16H14FN3S/c17-13-4-3-11-9-20-15(7-12(11)6-13)10-21-16(20)19-14-2-1-5-18-8-14/h1-6,8,15H,7,9-10H2/t15-/m1/s1. The van der Waals surface area contributed by atoms with E-state index in [-0.39, 0.29) is 5.82 Å². The van der Waals surface area contributed by atoms with Crippen LogP contribution in [0.3, 0.4) is 0 Å². The molecule has 0 radical (unpaired) electrons. The zero-order chi connectivity index (χ0) is 14.2.